The number of nitrogens with one attached hydrogen (secondary N) is 2. The molecular formula is C13H11Cl2N3O. The monoisotopic (exact) mass is 295 g/mol. The quantitative estimate of drug-likeness (QED) is 0.907. The number of aromatic nitrogens is 1. The number of urea groups is 1. The molecule has 0 aliphatic rings. The maximum Gasteiger partial charge on any atom is 0.319 e. The van der Waals surface area contributed by atoms with Crippen LogP contribution in [0.3, 0.4) is 0 Å². The van der Waals surface area contributed by atoms with E-state index in [4.69, 9.17) is 23.2 Å². The Bertz CT molecular complexity index is 575. The third-order valence-corrected chi connectivity index (χ3v) is 2.92. The number of nitrogens with zero attached hydrogens (tertiary/aromatic N) is 1. The lowest BCUT2D eigenvalue weighted by atomic mass is 10.3. The zero-order valence-corrected chi connectivity index (χ0v) is 11.4. The van der Waals surface area contributed by atoms with Gasteiger partial charge in [0.1, 0.15) is 0 Å². The highest BCUT2D eigenvalue weighted by Crippen LogP contribution is 2.25. The molecule has 6 heteroatoms. The molecule has 0 radical (unpaired) electrons. The number of halogens is 2. The minimum absolute atomic E-state index is 0.354. The molecule has 0 unspecified atom stereocenters. The van der Waals surface area contributed by atoms with Crippen LogP contribution in [0.25, 0.3) is 0 Å². The van der Waals surface area contributed by atoms with Crippen molar-refractivity contribution in [2.24, 2.45) is 0 Å². The van der Waals surface area contributed by atoms with Crippen LogP contribution in [-0.4, -0.2) is 11.0 Å². The molecule has 0 bridgehead atoms. The highest BCUT2D eigenvalue weighted by atomic mass is 35.5. The van der Waals surface area contributed by atoms with E-state index in [0.717, 1.165) is 5.56 Å². The van der Waals surface area contributed by atoms with Gasteiger partial charge in [0.25, 0.3) is 0 Å². The topological polar surface area (TPSA) is 54.0 Å². The van der Waals surface area contributed by atoms with Gasteiger partial charge in [-0.25, -0.2) is 4.79 Å². The van der Waals surface area contributed by atoms with Crippen LogP contribution in [0.1, 0.15) is 5.56 Å². The molecule has 0 saturated heterocycles. The standard InChI is InChI=1S/C13H11Cl2N3O/c14-10-3-4-11(15)12(6-10)18-13(19)17-8-9-2-1-5-16-7-9/h1-7H,8H2,(H2,17,18,19). The summed E-state index contributed by atoms with van der Waals surface area (Å²) in [5.41, 5.74) is 1.38. The van der Waals surface area contributed by atoms with E-state index in [0.29, 0.717) is 22.3 Å². The van der Waals surface area contributed by atoms with E-state index in [-0.39, 0.29) is 6.03 Å². The Labute approximate surface area is 120 Å². The Kier molecular flexibility index (Phi) is 4.60. The second kappa shape index (κ2) is 6.41. The number of carbonyl (C=O) groups excluding carboxylic acids is 1. The van der Waals surface area contributed by atoms with Gasteiger partial charge in [-0.05, 0) is 29.8 Å². The summed E-state index contributed by atoms with van der Waals surface area (Å²) in [5.74, 6) is 0. The van der Waals surface area contributed by atoms with Crippen molar-refractivity contribution in [2.75, 3.05) is 5.32 Å². The van der Waals surface area contributed by atoms with E-state index in [9.17, 15) is 4.79 Å². The minimum atomic E-state index is -0.354. The molecule has 0 spiro atoms. The van der Waals surface area contributed by atoms with Crippen LogP contribution in [0.2, 0.25) is 10.0 Å². The number of hydrogen-bond acceptors (Lipinski definition) is 2. The van der Waals surface area contributed by atoms with Crippen LogP contribution in [0, 0.1) is 0 Å². The van der Waals surface area contributed by atoms with Crippen molar-refractivity contribution in [3.8, 4) is 0 Å². The second-order valence-electron chi connectivity index (χ2n) is 3.79. The summed E-state index contributed by atoms with van der Waals surface area (Å²) in [6.07, 6.45) is 3.36. The Morgan fingerprint density at radius 1 is 1.26 bits per heavy atom. The molecule has 1 aromatic carbocycles. The zero-order chi connectivity index (χ0) is 13.7. The first-order valence-electron chi connectivity index (χ1n) is 5.54. The van der Waals surface area contributed by atoms with Gasteiger partial charge in [0.15, 0.2) is 0 Å². The Balaban J connectivity index is 1.93. The number of rotatable bonds is 3. The maximum absolute atomic E-state index is 11.7. The Hall–Kier alpha value is -1.78. The lowest BCUT2D eigenvalue weighted by molar-refractivity contribution is 0.251. The fourth-order valence-corrected chi connectivity index (χ4v) is 1.78. The zero-order valence-electron chi connectivity index (χ0n) is 9.86. The van der Waals surface area contributed by atoms with Crippen LogP contribution in [0.4, 0.5) is 10.5 Å². The van der Waals surface area contributed by atoms with Crippen molar-refractivity contribution in [3.63, 3.8) is 0 Å². The number of pyridine rings is 1. The molecule has 2 amide bonds. The molecule has 0 aliphatic carbocycles. The fraction of sp³-hybridized carbons (Fsp3) is 0.0769. The van der Waals surface area contributed by atoms with E-state index < -0.39 is 0 Å². The molecule has 0 saturated carbocycles. The van der Waals surface area contributed by atoms with Gasteiger partial charge in [0.2, 0.25) is 0 Å². The van der Waals surface area contributed by atoms with Gasteiger partial charge in [0.05, 0.1) is 10.7 Å². The smallest absolute Gasteiger partial charge is 0.319 e. The Morgan fingerprint density at radius 2 is 2.11 bits per heavy atom. The van der Waals surface area contributed by atoms with Crippen LogP contribution in [0.5, 0.6) is 0 Å². The van der Waals surface area contributed by atoms with Gasteiger partial charge in [0, 0.05) is 24.0 Å². The first-order chi connectivity index (χ1) is 9.15. The fourth-order valence-electron chi connectivity index (χ4n) is 1.44. The first kappa shape index (κ1) is 13.6. The van der Waals surface area contributed by atoms with Gasteiger partial charge in [-0.2, -0.15) is 0 Å². The van der Waals surface area contributed by atoms with Gasteiger partial charge in [-0.3, -0.25) is 4.98 Å². The van der Waals surface area contributed by atoms with Crippen molar-refractivity contribution in [3.05, 3.63) is 58.3 Å². The van der Waals surface area contributed by atoms with Gasteiger partial charge >= 0.3 is 6.03 Å². The van der Waals surface area contributed by atoms with E-state index in [1.54, 1.807) is 30.6 Å². The molecule has 19 heavy (non-hydrogen) atoms. The average Bonchev–Trinajstić information content (AvgIpc) is 2.42. The molecule has 1 aromatic heterocycles. The van der Waals surface area contributed by atoms with E-state index in [1.807, 2.05) is 12.1 Å². The molecular weight excluding hydrogens is 285 g/mol. The first-order valence-corrected chi connectivity index (χ1v) is 6.29. The number of hydrogen-bond donors (Lipinski definition) is 2. The molecule has 4 nitrogen and oxygen atoms in total. The lowest BCUT2D eigenvalue weighted by Gasteiger charge is -2.09. The number of anilines is 1. The SMILES string of the molecule is O=C(NCc1cccnc1)Nc1cc(Cl)ccc1Cl. The predicted octanol–water partition coefficient (Wildman–Crippen LogP) is 3.71. The largest absolute Gasteiger partial charge is 0.334 e. The normalized spacial score (nSPS) is 10.0. The summed E-state index contributed by atoms with van der Waals surface area (Å²) < 4.78 is 0. The maximum atomic E-state index is 11.7. The highest BCUT2D eigenvalue weighted by Gasteiger charge is 2.06. The molecule has 2 aromatic rings. The van der Waals surface area contributed by atoms with Crippen molar-refractivity contribution in [1.82, 2.24) is 10.3 Å². The van der Waals surface area contributed by atoms with E-state index in [2.05, 4.69) is 15.6 Å². The van der Waals surface area contributed by atoms with Crippen molar-refractivity contribution < 1.29 is 4.79 Å². The summed E-state index contributed by atoms with van der Waals surface area (Å²) in [5, 5.41) is 6.27. The summed E-state index contributed by atoms with van der Waals surface area (Å²) in [7, 11) is 0. The molecule has 1 heterocycles. The summed E-state index contributed by atoms with van der Waals surface area (Å²) in [4.78, 5) is 15.7. The minimum Gasteiger partial charge on any atom is -0.334 e. The van der Waals surface area contributed by atoms with Crippen LogP contribution >= 0.6 is 23.2 Å². The number of benzene rings is 1. The van der Waals surface area contributed by atoms with Crippen molar-refractivity contribution in [1.29, 1.82) is 0 Å². The average molecular weight is 296 g/mol. The van der Waals surface area contributed by atoms with Crippen molar-refractivity contribution >= 4 is 34.9 Å². The lowest BCUT2D eigenvalue weighted by Crippen LogP contribution is -2.28. The molecule has 0 fully saturated rings. The molecule has 98 valence electrons. The van der Waals surface area contributed by atoms with Crippen LogP contribution in [0.15, 0.2) is 42.7 Å². The van der Waals surface area contributed by atoms with Gasteiger partial charge in [-0.1, -0.05) is 29.3 Å². The third-order valence-electron chi connectivity index (χ3n) is 2.35. The number of carbonyl (C=O) groups is 1. The molecule has 2 rings (SSSR count). The second-order valence-corrected chi connectivity index (χ2v) is 4.64. The molecule has 0 aliphatic heterocycles. The Morgan fingerprint density at radius 3 is 2.84 bits per heavy atom. The summed E-state index contributed by atoms with van der Waals surface area (Å²) in [6, 6.07) is 8.20. The summed E-state index contributed by atoms with van der Waals surface area (Å²) >= 11 is 11.8. The van der Waals surface area contributed by atoms with E-state index >= 15 is 0 Å². The molecule has 2 N–H and O–H groups in total. The van der Waals surface area contributed by atoms with Gasteiger partial charge in [-0.15, -0.1) is 0 Å². The summed E-state index contributed by atoms with van der Waals surface area (Å²) in [6.45, 7) is 0.387. The number of amides is 2. The third kappa shape index (κ3) is 4.12. The van der Waals surface area contributed by atoms with Crippen molar-refractivity contribution in [2.45, 2.75) is 6.54 Å². The van der Waals surface area contributed by atoms with Gasteiger partial charge < -0.3 is 10.6 Å². The highest BCUT2D eigenvalue weighted by molar-refractivity contribution is 6.35. The van der Waals surface area contributed by atoms with Crippen LogP contribution in [-0.2, 0) is 6.54 Å². The molecule has 0 atom stereocenters. The van der Waals surface area contributed by atoms with E-state index in [1.165, 1.54) is 0 Å². The van der Waals surface area contributed by atoms with Crippen LogP contribution < -0.4 is 10.6 Å². The predicted molar refractivity (Wildman–Crippen MR) is 76.6 cm³/mol.